The van der Waals surface area contributed by atoms with E-state index < -0.39 is 35.3 Å². The molecular weight excluding hydrogens is 765 g/mol. The summed E-state index contributed by atoms with van der Waals surface area (Å²) >= 11 is 0. The SMILES string of the molecule is COC(=O)N[C@H](C(=O)N1CC2CCC1(c1ncc(-c3ccc(-c4ccc(-c5cnc(C67CCC(CN6C(=O)[C@@H](NC(=O)O)C(C)C)C7)[nH]5)cc4)c4ccoc34)[nH]1)C2)C(C)C. The third kappa shape index (κ3) is 6.40. The largest absolute Gasteiger partial charge is 0.465 e. The lowest BCUT2D eigenvalue weighted by molar-refractivity contribution is -0.141. The van der Waals surface area contributed by atoms with Gasteiger partial charge in [0.25, 0.3) is 0 Å². The highest BCUT2D eigenvalue weighted by Crippen LogP contribution is 2.54. The number of imidazole rings is 2. The summed E-state index contributed by atoms with van der Waals surface area (Å²) in [7, 11) is 1.30. The summed E-state index contributed by atoms with van der Waals surface area (Å²) in [6.07, 6.45) is 8.66. The number of carbonyl (C=O) groups excluding carboxylic acids is 3. The summed E-state index contributed by atoms with van der Waals surface area (Å²) in [6.45, 7) is 8.75. The number of aromatic nitrogens is 4. The van der Waals surface area contributed by atoms with E-state index in [1.165, 1.54) is 7.11 Å². The van der Waals surface area contributed by atoms with Gasteiger partial charge in [-0.2, -0.15) is 0 Å². The van der Waals surface area contributed by atoms with Crippen molar-refractivity contribution in [1.82, 2.24) is 40.4 Å². The fourth-order valence-corrected chi connectivity index (χ4v) is 10.6. The number of alkyl carbamates (subject to hydrolysis) is 1. The van der Waals surface area contributed by atoms with E-state index in [1.54, 1.807) is 6.26 Å². The third-order valence-corrected chi connectivity index (χ3v) is 13.7. The Balaban J connectivity index is 0.955. The van der Waals surface area contributed by atoms with Gasteiger partial charge in [-0.3, -0.25) is 9.59 Å². The Morgan fingerprint density at radius 3 is 1.85 bits per heavy atom. The molecule has 3 aromatic heterocycles. The van der Waals surface area contributed by atoms with E-state index >= 15 is 0 Å². The maximum Gasteiger partial charge on any atom is 0.407 e. The van der Waals surface area contributed by atoms with Crippen LogP contribution in [0.5, 0.6) is 0 Å². The van der Waals surface area contributed by atoms with Gasteiger partial charge in [0.2, 0.25) is 11.8 Å². The Bertz CT molecular complexity index is 2470. The van der Waals surface area contributed by atoms with Crippen LogP contribution in [0.15, 0.2) is 65.5 Å². The van der Waals surface area contributed by atoms with E-state index in [0.717, 1.165) is 94.8 Å². The first-order chi connectivity index (χ1) is 28.8. The van der Waals surface area contributed by atoms with Gasteiger partial charge in [0, 0.05) is 24.0 Å². The molecule has 0 radical (unpaired) electrons. The summed E-state index contributed by atoms with van der Waals surface area (Å²) in [5.41, 5.74) is 4.99. The number of fused-ring (bicyclic) bond motifs is 5. The number of carboxylic acid groups (broad SMARTS) is 1. The van der Waals surface area contributed by atoms with Crippen LogP contribution < -0.4 is 10.6 Å². The molecule has 4 bridgehead atoms. The van der Waals surface area contributed by atoms with Crippen LogP contribution in [0.25, 0.3) is 44.6 Å². The van der Waals surface area contributed by atoms with Crippen LogP contribution in [0.4, 0.5) is 9.59 Å². The number of likely N-dealkylation sites (tertiary alicyclic amines) is 2. The van der Waals surface area contributed by atoms with Crippen LogP contribution in [0.1, 0.15) is 77.9 Å². The zero-order valence-corrected chi connectivity index (χ0v) is 34.6. The van der Waals surface area contributed by atoms with Crippen molar-refractivity contribution in [3.05, 3.63) is 72.8 Å². The molecule has 2 saturated carbocycles. The quantitative estimate of drug-likeness (QED) is 0.0913. The summed E-state index contributed by atoms with van der Waals surface area (Å²) in [4.78, 5) is 72.2. The Morgan fingerprint density at radius 1 is 0.767 bits per heavy atom. The van der Waals surface area contributed by atoms with Crippen molar-refractivity contribution in [3.8, 4) is 33.6 Å². The molecule has 2 aliphatic carbocycles. The van der Waals surface area contributed by atoms with Gasteiger partial charge in [-0.05, 0) is 91.0 Å². The van der Waals surface area contributed by atoms with Crippen molar-refractivity contribution in [3.63, 3.8) is 0 Å². The fraction of sp³-hybridized carbons (Fsp3) is 0.467. The number of furan rings is 1. The van der Waals surface area contributed by atoms with Crippen molar-refractivity contribution in [2.75, 3.05) is 20.2 Å². The second-order valence-corrected chi connectivity index (χ2v) is 17.9. The molecule has 4 aliphatic rings. The molecule has 6 atom stereocenters. The van der Waals surface area contributed by atoms with E-state index in [0.29, 0.717) is 24.9 Å². The summed E-state index contributed by atoms with van der Waals surface area (Å²) in [6, 6.07) is 12.8. The van der Waals surface area contributed by atoms with Crippen molar-refractivity contribution in [2.45, 2.75) is 89.4 Å². The van der Waals surface area contributed by atoms with E-state index in [4.69, 9.17) is 19.1 Å². The van der Waals surface area contributed by atoms with Crippen LogP contribution in [-0.4, -0.2) is 91.1 Å². The van der Waals surface area contributed by atoms with Crippen molar-refractivity contribution in [2.24, 2.45) is 23.7 Å². The van der Waals surface area contributed by atoms with Gasteiger partial charge in [0.15, 0.2) is 0 Å². The minimum atomic E-state index is -1.21. The molecular formula is C45H52N8O7. The highest BCUT2D eigenvalue weighted by molar-refractivity contribution is 6.01. The number of hydrogen-bond donors (Lipinski definition) is 5. The average Bonchev–Trinajstić information content (AvgIpc) is 4.10. The molecule has 5 aromatic rings. The maximum atomic E-state index is 14.0. The molecule has 15 nitrogen and oxygen atoms in total. The highest BCUT2D eigenvalue weighted by Gasteiger charge is 2.58. The van der Waals surface area contributed by atoms with Gasteiger partial charge in [-0.25, -0.2) is 19.6 Å². The van der Waals surface area contributed by atoms with Crippen molar-refractivity contribution < 1.29 is 33.4 Å². The number of nitrogens with zero attached hydrogens (tertiary/aromatic N) is 4. The van der Waals surface area contributed by atoms with Gasteiger partial charge in [-0.1, -0.05) is 58.0 Å². The number of rotatable bonds is 11. The molecule has 5 N–H and O–H groups in total. The number of carbonyl (C=O) groups is 4. The first-order valence-corrected chi connectivity index (χ1v) is 21.0. The molecule has 9 rings (SSSR count). The fourth-order valence-electron chi connectivity index (χ4n) is 10.6. The molecule has 4 amide bonds. The van der Waals surface area contributed by atoms with E-state index in [-0.39, 0.29) is 23.7 Å². The average molecular weight is 817 g/mol. The molecule has 4 fully saturated rings. The van der Waals surface area contributed by atoms with Crippen LogP contribution >= 0.6 is 0 Å². The molecule has 2 saturated heterocycles. The lowest BCUT2D eigenvalue weighted by Crippen LogP contribution is -2.56. The lowest BCUT2D eigenvalue weighted by Gasteiger charge is -2.40. The Labute approximate surface area is 347 Å². The predicted molar refractivity (Wildman–Crippen MR) is 222 cm³/mol. The molecule has 60 heavy (non-hydrogen) atoms. The van der Waals surface area contributed by atoms with E-state index in [2.05, 4.69) is 50.9 Å². The Hall–Kier alpha value is -6.12. The second-order valence-electron chi connectivity index (χ2n) is 17.9. The number of ether oxygens (including phenoxy) is 1. The normalized spacial score (nSPS) is 24.1. The first kappa shape index (κ1) is 39.3. The van der Waals surface area contributed by atoms with Crippen molar-refractivity contribution >= 4 is 35.0 Å². The molecule has 0 spiro atoms. The summed E-state index contributed by atoms with van der Waals surface area (Å²) in [5.74, 6) is 1.54. The van der Waals surface area contributed by atoms with Crippen molar-refractivity contribution in [1.29, 1.82) is 0 Å². The van der Waals surface area contributed by atoms with Crippen LogP contribution in [0, 0.1) is 23.7 Å². The maximum absolute atomic E-state index is 14.0. The number of hydrogen-bond acceptors (Lipinski definition) is 8. The number of piperidine rings is 2. The van der Waals surface area contributed by atoms with Gasteiger partial charge >= 0.3 is 12.2 Å². The molecule has 15 heteroatoms. The van der Waals surface area contributed by atoms with Gasteiger partial charge < -0.3 is 44.7 Å². The zero-order valence-electron chi connectivity index (χ0n) is 34.6. The van der Waals surface area contributed by atoms with Gasteiger partial charge in [0.05, 0.1) is 37.2 Å². The standard InChI is InChI=1S/C45H52N8O7/c1-24(2)35(50-42(56)57)38(54)52-22-26-12-15-44(52,18-26)40-46-20-33(48-40)29-8-6-28(7-9-29)30-10-11-32(37-31(30)14-17-60-37)34-21-47-41(49-34)45-16-13-27(19-45)23-53(45)39(55)36(25(3)4)51-43(58)59-5/h6-11,14,17,20-21,24-27,35-36,50H,12-13,15-16,18-19,22-23H2,1-5H3,(H,46,48)(H,47,49)(H,51,58)(H,56,57)/t26?,27?,35-,36-,44?,45?/m0/s1. The summed E-state index contributed by atoms with van der Waals surface area (Å²) in [5, 5.41) is 15.6. The van der Waals surface area contributed by atoms with Crippen LogP contribution in [0.2, 0.25) is 0 Å². The molecule has 314 valence electrons. The van der Waals surface area contributed by atoms with E-state index in [9.17, 15) is 24.3 Å². The number of H-pyrrole nitrogens is 2. The van der Waals surface area contributed by atoms with E-state index in [1.807, 2.05) is 62.0 Å². The molecule has 5 heterocycles. The first-order valence-electron chi connectivity index (χ1n) is 21.0. The Morgan fingerprint density at radius 2 is 1.30 bits per heavy atom. The lowest BCUT2D eigenvalue weighted by atomic mass is 9.93. The second kappa shape index (κ2) is 14.9. The summed E-state index contributed by atoms with van der Waals surface area (Å²) < 4.78 is 11.0. The van der Waals surface area contributed by atoms with Crippen LogP contribution in [-0.2, 0) is 25.4 Å². The topological polar surface area (TPSA) is 199 Å². The third-order valence-electron chi connectivity index (χ3n) is 13.7. The van der Waals surface area contributed by atoms with Gasteiger partial charge in [0.1, 0.15) is 40.4 Å². The number of aromatic amines is 2. The number of methoxy groups -OCH3 is 1. The monoisotopic (exact) mass is 816 g/mol. The smallest absolute Gasteiger partial charge is 0.407 e. The van der Waals surface area contributed by atoms with Gasteiger partial charge in [-0.15, -0.1) is 0 Å². The zero-order chi connectivity index (χ0) is 42.1. The minimum absolute atomic E-state index is 0.126. The predicted octanol–water partition coefficient (Wildman–Crippen LogP) is 7.23. The molecule has 2 aliphatic heterocycles. The molecule has 2 aromatic carbocycles. The Kier molecular flexibility index (Phi) is 9.74. The highest BCUT2D eigenvalue weighted by atomic mass is 16.5. The van der Waals surface area contributed by atoms with Crippen LogP contribution in [0.3, 0.4) is 0 Å². The number of benzene rings is 2. The number of amides is 4. The minimum Gasteiger partial charge on any atom is -0.465 e. The molecule has 4 unspecified atom stereocenters. The number of nitrogens with one attached hydrogen (secondary N) is 4.